The van der Waals surface area contributed by atoms with Gasteiger partial charge in [-0.15, -0.1) is 0 Å². The molecule has 6 heteroatoms. The van der Waals surface area contributed by atoms with Crippen LogP contribution in [0.15, 0.2) is 36.5 Å². The lowest BCUT2D eigenvalue weighted by Crippen LogP contribution is -2.16. The van der Waals surface area contributed by atoms with E-state index < -0.39 is 10.0 Å². The van der Waals surface area contributed by atoms with Crippen molar-refractivity contribution >= 4 is 27.2 Å². The summed E-state index contributed by atoms with van der Waals surface area (Å²) in [7, 11) is -3.29. The second-order valence-corrected chi connectivity index (χ2v) is 7.44. The number of sulfonamides is 1. The maximum absolute atomic E-state index is 11.9. The fraction of sp³-hybridized carbons (Fsp3) is 0.353. The highest BCUT2D eigenvalue weighted by Crippen LogP contribution is 2.23. The Labute approximate surface area is 138 Å². The van der Waals surface area contributed by atoms with Crippen LogP contribution >= 0.6 is 0 Å². The van der Waals surface area contributed by atoms with E-state index in [1.807, 2.05) is 39.0 Å². The Morgan fingerprint density at radius 3 is 2.35 bits per heavy atom. The van der Waals surface area contributed by atoms with Gasteiger partial charge in [-0.25, -0.2) is 13.4 Å². The smallest absolute Gasteiger partial charge is 0.232 e. The first-order chi connectivity index (χ1) is 10.9. The maximum atomic E-state index is 11.9. The SMILES string of the molecule is CCCCS(=O)(=O)Nc1ccc(Nc2c(C)cccc2C)nc1. The number of para-hydroxylation sites is 1. The molecular weight excluding hydrogens is 310 g/mol. The van der Waals surface area contributed by atoms with Gasteiger partial charge in [-0.05, 0) is 43.5 Å². The number of hydrogen-bond donors (Lipinski definition) is 2. The molecule has 2 N–H and O–H groups in total. The topological polar surface area (TPSA) is 71.1 Å². The van der Waals surface area contributed by atoms with Gasteiger partial charge in [0, 0.05) is 5.69 Å². The van der Waals surface area contributed by atoms with Crippen molar-refractivity contribution in [1.82, 2.24) is 4.98 Å². The molecule has 0 aliphatic rings. The molecule has 1 aromatic carbocycles. The van der Waals surface area contributed by atoms with E-state index in [9.17, 15) is 8.42 Å². The molecule has 0 spiro atoms. The number of nitrogens with one attached hydrogen (secondary N) is 2. The Morgan fingerprint density at radius 1 is 1.09 bits per heavy atom. The number of pyridine rings is 1. The van der Waals surface area contributed by atoms with Crippen LogP contribution in [0.1, 0.15) is 30.9 Å². The van der Waals surface area contributed by atoms with Gasteiger partial charge < -0.3 is 5.32 Å². The minimum atomic E-state index is -3.29. The number of aryl methyl sites for hydroxylation is 2. The largest absolute Gasteiger partial charge is 0.340 e. The highest BCUT2D eigenvalue weighted by atomic mass is 32.2. The molecule has 23 heavy (non-hydrogen) atoms. The lowest BCUT2D eigenvalue weighted by atomic mass is 10.1. The average Bonchev–Trinajstić information content (AvgIpc) is 2.50. The van der Waals surface area contributed by atoms with Gasteiger partial charge in [0.2, 0.25) is 10.0 Å². The monoisotopic (exact) mass is 333 g/mol. The van der Waals surface area contributed by atoms with Crippen molar-refractivity contribution in [3.63, 3.8) is 0 Å². The summed E-state index contributed by atoms with van der Waals surface area (Å²) in [6.07, 6.45) is 3.02. The fourth-order valence-electron chi connectivity index (χ4n) is 2.23. The van der Waals surface area contributed by atoms with Crippen molar-refractivity contribution in [2.45, 2.75) is 33.6 Å². The Bertz CT molecular complexity index is 736. The molecule has 2 rings (SSSR count). The summed E-state index contributed by atoms with van der Waals surface area (Å²) in [6, 6.07) is 9.56. The molecule has 0 radical (unpaired) electrons. The molecule has 0 saturated carbocycles. The maximum Gasteiger partial charge on any atom is 0.232 e. The third-order valence-corrected chi connectivity index (χ3v) is 4.91. The first-order valence-corrected chi connectivity index (χ1v) is 9.36. The van der Waals surface area contributed by atoms with Crippen LogP contribution in [0.2, 0.25) is 0 Å². The number of rotatable bonds is 7. The molecule has 0 saturated heterocycles. The molecular formula is C17H23N3O2S. The van der Waals surface area contributed by atoms with Gasteiger partial charge in [-0.1, -0.05) is 31.5 Å². The van der Waals surface area contributed by atoms with Crippen LogP contribution in [-0.4, -0.2) is 19.2 Å². The third-order valence-electron chi connectivity index (χ3n) is 3.54. The highest BCUT2D eigenvalue weighted by Gasteiger charge is 2.10. The minimum Gasteiger partial charge on any atom is -0.340 e. The van der Waals surface area contributed by atoms with Gasteiger partial charge in [0.15, 0.2) is 0 Å². The number of hydrogen-bond acceptors (Lipinski definition) is 4. The van der Waals surface area contributed by atoms with Crippen LogP contribution in [0.4, 0.5) is 17.2 Å². The Kier molecular flexibility index (Phi) is 5.60. The number of benzene rings is 1. The van der Waals surface area contributed by atoms with Gasteiger partial charge in [-0.2, -0.15) is 0 Å². The molecule has 0 aliphatic carbocycles. The number of nitrogens with zero attached hydrogens (tertiary/aromatic N) is 1. The summed E-state index contributed by atoms with van der Waals surface area (Å²) in [4.78, 5) is 4.28. The molecule has 124 valence electrons. The first-order valence-electron chi connectivity index (χ1n) is 7.71. The van der Waals surface area contributed by atoms with Crippen molar-refractivity contribution < 1.29 is 8.42 Å². The van der Waals surface area contributed by atoms with Crippen LogP contribution < -0.4 is 10.0 Å². The molecule has 0 fully saturated rings. The van der Waals surface area contributed by atoms with Crippen LogP contribution in [0.3, 0.4) is 0 Å². The lowest BCUT2D eigenvalue weighted by Gasteiger charge is -2.12. The van der Waals surface area contributed by atoms with E-state index in [4.69, 9.17) is 0 Å². The fourth-order valence-corrected chi connectivity index (χ4v) is 3.48. The van der Waals surface area contributed by atoms with Gasteiger partial charge >= 0.3 is 0 Å². The van der Waals surface area contributed by atoms with E-state index in [0.29, 0.717) is 17.9 Å². The molecule has 0 aliphatic heterocycles. The van der Waals surface area contributed by atoms with E-state index in [1.165, 1.54) is 6.20 Å². The van der Waals surface area contributed by atoms with Crippen molar-refractivity contribution in [3.05, 3.63) is 47.7 Å². The number of aromatic nitrogens is 1. The van der Waals surface area contributed by atoms with Crippen LogP contribution in [-0.2, 0) is 10.0 Å². The van der Waals surface area contributed by atoms with Crippen LogP contribution in [0.5, 0.6) is 0 Å². The van der Waals surface area contributed by atoms with E-state index >= 15 is 0 Å². The third kappa shape index (κ3) is 4.96. The number of unbranched alkanes of at least 4 members (excludes halogenated alkanes) is 1. The normalized spacial score (nSPS) is 11.3. The molecule has 5 nitrogen and oxygen atoms in total. The molecule has 0 unspecified atom stereocenters. The summed E-state index contributed by atoms with van der Waals surface area (Å²) in [6.45, 7) is 6.03. The van der Waals surface area contributed by atoms with E-state index in [1.54, 1.807) is 12.1 Å². The summed E-state index contributed by atoms with van der Waals surface area (Å²) < 4.78 is 26.3. The molecule has 0 atom stereocenters. The molecule has 0 amide bonds. The predicted octanol–water partition coefficient (Wildman–Crippen LogP) is 3.98. The van der Waals surface area contributed by atoms with E-state index in [2.05, 4.69) is 15.0 Å². The number of anilines is 3. The minimum absolute atomic E-state index is 0.131. The van der Waals surface area contributed by atoms with Gasteiger partial charge in [-0.3, -0.25) is 4.72 Å². The van der Waals surface area contributed by atoms with Crippen molar-refractivity contribution in [1.29, 1.82) is 0 Å². The zero-order valence-electron chi connectivity index (χ0n) is 13.8. The van der Waals surface area contributed by atoms with Gasteiger partial charge in [0.05, 0.1) is 17.6 Å². The van der Waals surface area contributed by atoms with E-state index in [0.717, 1.165) is 23.2 Å². The van der Waals surface area contributed by atoms with Gasteiger partial charge in [0.1, 0.15) is 5.82 Å². The summed E-state index contributed by atoms with van der Waals surface area (Å²) in [5, 5.41) is 3.28. The molecule has 2 aromatic rings. The van der Waals surface area contributed by atoms with E-state index in [-0.39, 0.29) is 5.75 Å². The average molecular weight is 333 g/mol. The zero-order valence-corrected chi connectivity index (χ0v) is 14.6. The second-order valence-electron chi connectivity index (χ2n) is 5.60. The van der Waals surface area contributed by atoms with Crippen LogP contribution in [0.25, 0.3) is 0 Å². The van der Waals surface area contributed by atoms with Gasteiger partial charge in [0.25, 0.3) is 0 Å². The Hall–Kier alpha value is -2.08. The second kappa shape index (κ2) is 7.46. The molecule has 1 aromatic heterocycles. The standard InChI is InChI=1S/C17H23N3O2S/c1-4-5-11-23(21,22)20-15-9-10-16(18-12-15)19-17-13(2)7-6-8-14(17)3/h6-10,12,20H,4-5,11H2,1-3H3,(H,18,19). The Balaban J connectivity index is 2.08. The zero-order chi connectivity index (χ0) is 16.9. The molecule has 1 heterocycles. The van der Waals surface area contributed by atoms with Crippen LogP contribution in [0, 0.1) is 13.8 Å². The highest BCUT2D eigenvalue weighted by molar-refractivity contribution is 7.92. The summed E-state index contributed by atoms with van der Waals surface area (Å²) >= 11 is 0. The van der Waals surface area contributed by atoms with Crippen molar-refractivity contribution in [2.24, 2.45) is 0 Å². The first kappa shape index (κ1) is 17.3. The lowest BCUT2D eigenvalue weighted by molar-refractivity contribution is 0.598. The molecule has 0 bridgehead atoms. The summed E-state index contributed by atoms with van der Waals surface area (Å²) in [5.74, 6) is 0.810. The van der Waals surface area contributed by atoms with Crippen molar-refractivity contribution in [3.8, 4) is 0 Å². The van der Waals surface area contributed by atoms with Crippen molar-refractivity contribution in [2.75, 3.05) is 15.8 Å². The predicted molar refractivity (Wildman–Crippen MR) is 95.8 cm³/mol. The summed E-state index contributed by atoms with van der Waals surface area (Å²) in [5.41, 5.74) is 3.77. The Morgan fingerprint density at radius 2 is 1.78 bits per heavy atom. The quantitative estimate of drug-likeness (QED) is 0.804.